The van der Waals surface area contributed by atoms with E-state index in [0.29, 0.717) is 5.56 Å². The number of halogens is 1. The third-order valence-corrected chi connectivity index (χ3v) is 5.20. The lowest BCUT2D eigenvalue weighted by Crippen LogP contribution is -2.39. The minimum Gasteiger partial charge on any atom is -0.506 e. The zero-order valence-corrected chi connectivity index (χ0v) is 16.3. The van der Waals surface area contributed by atoms with Gasteiger partial charge >= 0.3 is 0 Å². The molecule has 0 radical (unpaired) electrons. The van der Waals surface area contributed by atoms with Gasteiger partial charge in [-0.1, -0.05) is 61.2 Å². The third kappa shape index (κ3) is 5.44. The van der Waals surface area contributed by atoms with Gasteiger partial charge in [-0.05, 0) is 48.2 Å². The van der Waals surface area contributed by atoms with Gasteiger partial charge in [0.15, 0.2) is 0 Å². The van der Waals surface area contributed by atoms with Gasteiger partial charge in [-0.2, -0.15) is 5.10 Å². The highest BCUT2D eigenvalue weighted by atomic mass is 35.5. The zero-order valence-electron chi connectivity index (χ0n) is 15.6. The average Bonchev–Trinajstić information content (AvgIpc) is 2.69. The fourth-order valence-corrected chi connectivity index (χ4v) is 3.44. The summed E-state index contributed by atoms with van der Waals surface area (Å²) in [5, 5.41) is 13.5. The molecule has 3 rings (SSSR count). The lowest BCUT2D eigenvalue weighted by molar-refractivity contribution is 0.0955. The van der Waals surface area contributed by atoms with Crippen LogP contribution in [0.25, 0.3) is 6.08 Å². The van der Waals surface area contributed by atoms with Gasteiger partial charge in [-0.25, -0.2) is 5.43 Å². The molecule has 4 N–H and O–H groups in total. The molecular formula is C22H24ClN3O2. The van der Waals surface area contributed by atoms with Crippen molar-refractivity contribution in [2.45, 2.75) is 37.6 Å². The molecule has 2 aromatic carbocycles. The first-order valence-electron chi connectivity index (χ1n) is 9.35. The highest BCUT2D eigenvalue weighted by Crippen LogP contribution is 2.27. The van der Waals surface area contributed by atoms with Crippen molar-refractivity contribution in [2.24, 2.45) is 10.8 Å². The van der Waals surface area contributed by atoms with Crippen molar-refractivity contribution in [3.8, 4) is 5.75 Å². The van der Waals surface area contributed by atoms with Crippen LogP contribution in [0.1, 0.15) is 53.6 Å². The summed E-state index contributed by atoms with van der Waals surface area (Å²) in [7, 11) is 0. The molecule has 0 aliphatic heterocycles. The molecule has 28 heavy (non-hydrogen) atoms. The molecule has 0 heterocycles. The van der Waals surface area contributed by atoms with Gasteiger partial charge in [-0.15, -0.1) is 0 Å². The molecule has 146 valence electrons. The average molecular weight is 398 g/mol. The van der Waals surface area contributed by atoms with Crippen LogP contribution >= 0.6 is 11.6 Å². The van der Waals surface area contributed by atoms with Crippen LogP contribution in [0.5, 0.6) is 5.75 Å². The van der Waals surface area contributed by atoms with Gasteiger partial charge in [0.05, 0.1) is 11.2 Å². The molecule has 6 heteroatoms. The monoisotopic (exact) mass is 397 g/mol. The molecule has 0 saturated heterocycles. The Morgan fingerprint density at radius 1 is 1.14 bits per heavy atom. The SMILES string of the molecule is NC1(C=Cc2cccc(C=NNC(=O)c3ccc(O)c(Cl)c3)c2)CCCCC1. The van der Waals surface area contributed by atoms with Gasteiger partial charge in [0.25, 0.3) is 5.91 Å². The fraction of sp³-hybridized carbons (Fsp3) is 0.273. The lowest BCUT2D eigenvalue weighted by Gasteiger charge is -2.30. The predicted octanol–water partition coefficient (Wildman–Crippen LogP) is 4.48. The van der Waals surface area contributed by atoms with Gasteiger partial charge in [-0.3, -0.25) is 4.79 Å². The van der Waals surface area contributed by atoms with E-state index in [0.717, 1.165) is 24.0 Å². The smallest absolute Gasteiger partial charge is 0.271 e. The number of hydrogen-bond acceptors (Lipinski definition) is 4. The summed E-state index contributed by atoms with van der Waals surface area (Å²) >= 11 is 5.82. The van der Waals surface area contributed by atoms with E-state index in [2.05, 4.69) is 22.7 Å². The van der Waals surface area contributed by atoms with E-state index in [-0.39, 0.29) is 16.3 Å². The Morgan fingerprint density at radius 2 is 1.89 bits per heavy atom. The number of benzene rings is 2. The minimum absolute atomic E-state index is 0.0703. The van der Waals surface area contributed by atoms with Crippen molar-refractivity contribution >= 4 is 29.8 Å². The first-order valence-corrected chi connectivity index (χ1v) is 9.73. The highest BCUT2D eigenvalue weighted by Gasteiger charge is 2.23. The second kappa shape index (κ2) is 9.04. The van der Waals surface area contributed by atoms with Crippen molar-refractivity contribution in [2.75, 3.05) is 0 Å². The molecule has 0 unspecified atom stereocenters. The second-order valence-electron chi connectivity index (χ2n) is 7.16. The first kappa shape index (κ1) is 20.1. The van der Waals surface area contributed by atoms with E-state index < -0.39 is 5.91 Å². The summed E-state index contributed by atoms with van der Waals surface area (Å²) in [5.41, 5.74) is 10.9. The number of carbonyl (C=O) groups is 1. The molecule has 0 bridgehead atoms. The maximum absolute atomic E-state index is 12.1. The molecular weight excluding hydrogens is 374 g/mol. The quantitative estimate of drug-likeness (QED) is 0.513. The number of nitrogens with two attached hydrogens (primary N) is 1. The normalized spacial score (nSPS) is 16.5. The zero-order chi connectivity index (χ0) is 20.0. The van der Waals surface area contributed by atoms with E-state index in [1.807, 2.05) is 24.3 Å². The fourth-order valence-electron chi connectivity index (χ4n) is 3.26. The maximum atomic E-state index is 12.1. The van der Waals surface area contributed by atoms with Gasteiger partial charge < -0.3 is 10.8 Å². The van der Waals surface area contributed by atoms with Gasteiger partial charge in [0.1, 0.15) is 5.75 Å². The Bertz CT molecular complexity index is 902. The summed E-state index contributed by atoms with van der Waals surface area (Å²) in [4.78, 5) is 12.1. The van der Waals surface area contributed by atoms with Crippen LogP contribution < -0.4 is 11.2 Å². The number of rotatable bonds is 5. The van der Waals surface area contributed by atoms with Crippen LogP contribution in [0.3, 0.4) is 0 Å². The number of phenols is 1. The minimum atomic E-state index is -0.406. The Kier molecular flexibility index (Phi) is 6.49. The van der Waals surface area contributed by atoms with Gasteiger partial charge in [0.2, 0.25) is 0 Å². The van der Waals surface area contributed by atoms with Crippen molar-refractivity contribution in [1.29, 1.82) is 0 Å². The molecule has 1 aliphatic rings. The Hall–Kier alpha value is -2.63. The van der Waals surface area contributed by atoms with Crippen LogP contribution in [0.15, 0.2) is 53.6 Å². The number of aromatic hydroxyl groups is 1. The highest BCUT2D eigenvalue weighted by molar-refractivity contribution is 6.32. The van der Waals surface area contributed by atoms with Gasteiger partial charge in [0, 0.05) is 11.1 Å². The second-order valence-corrected chi connectivity index (χ2v) is 7.57. The van der Waals surface area contributed by atoms with Crippen LogP contribution in [0.2, 0.25) is 5.02 Å². The molecule has 0 aromatic heterocycles. The standard InChI is InChI=1S/C22H24ClN3O2/c23-19-14-18(7-8-20(19)27)21(28)26-25-15-17-6-4-5-16(13-17)9-12-22(24)10-2-1-3-11-22/h4-9,12-15,27H,1-3,10-11,24H2,(H,26,28). The third-order valence-electron chi connectivity index (χ3n) is 4.89. The van der Waals surface area contributed by atoms with Crippen molar-refractivity contribution in [1.82, 2.24) is 5.43 Å². The van der Waals surface area contributed by atoms with Crippen molar-refractivity contribution in [3.63, 3.8) is 0 Å². The Labute approximate surface area is 169 Å². The van der Waals surface area contributed by atoms with E-state index in [9.17, 15) is 9.90 Å². The first-order chi connectivity index (χ1) is 13.5. The summed E-state index contributed by atoms with van der Waals surface area (Å²) in [6.07, 6.45) is 11.4. The molecule has 1 fully saturated rings. The molecule has 0 atom stereocenters. The molecule has 5 nitrogen and oxygen atoms in total. The molecule has 1 amide bonds. The number of nitrogens with zero attached hydrogens (tertiary/aromatic N) is 1. The number of hydrazone groups is 1. The van der Waals surface area contributed by atoms with Crippen molar-refractivity contribution < 1.29 is 9.90 Å². The summed E-state index contributed by atoms with van der Waals surface area (Å²) in [5.74, 6) is -0.476. The van der Waals surface area contributed by atoms with Crippen molar-refractivity contribution in [3.05, 3.63) is 70.3 Å². The molecule has 1 saturated carbocycles. The molecule has 1 aliphatic carbocycles. The summed E-state index contributed by atoms with van der Waals surface area (Å²) < 4.78 is 0. The summed E-state index contributed by atoms with van der Waals surface area (Å²) in [6, 6.07) is 12.1. The van der Waals surface area contributed by atoms with Crippen LogP contribution in [0, 0.1) is 0 Å². The van der Waals surface area contributed by atoms with Crippen LogP contribution in [-0.2, 0) is 0 Å². The molecule has 0 spiro atoms. The number of hydrogen-bond donors (Lipinski definition) is 3. The number of nitrogens with one attached hydrogen (secondary N) is 1. The Balaban J connectivity index is 1.62. The predicted molar refractivity (Wildman–Crippen MR) is 114 cm³/mol. The lowest BCUT2D eigenvalue weighted by atomic mass is 9.82. The maximum Gasteiger partial charge on any atom is 0.271 e. The number of carbonyl (C=O) groups excluding carboxylic acids is 1. The van der Waals surface area contributed by atoms with Crippen LogP contribution in [0.4, 0.5) is 0 Å². The van der Waals surface area contributed by atoms with E-state index in [1.54, 1.807) is 6.21 Å². The summed E-state index contributed by atoms with van der Waals surface area (Å²) in [6.45, 7) is 0. The van der Waals surface area contributed by atoms with Crippen LogP contribution in [-0.4, -0.2) is 22.8 Å². The number of amides is 1. The number of phenolic OH excluding ortho intramolecular Hbond substituents is 1. The van der Waals surface area contributed by atoms with E-state index in [4.69, 9.17) is 17.3 Å². The van der Waals surface area contributed by atoms with E-state index in [1.165, 1.54) is 37.5 Å². The largest absolute Gasteiger partial charge is 0.506 e. The Morgan fingerprint density at radius 3 is 2.64 bits per heavy atom. The molecule has 2 aromatic rings. The topological polar surface area (TPSA) is 87.7 Å². The van der Waals surface area contributed by atoms with E-state index >= 15 is 0 Å².